The highest BCUT2D eigenvalue weighted by Crippen LogP contribution is 2.31. The van der Waals surface area contributed by atoms with Crippen LogP contribution < -0.4 is 5.32 Å². The van der Waals surface area contributed by atoms with Crippen LogP contribution in [0.1, 0.15) is 65.7 Å². The number of aromatic nitrogens is 4. The summed E-state index contributed by atoms with van der Waals surface area (Å²) in [4.78, 5) is 23.9. The number of amides is 1. The predicted molar refractivity (Wildman–Crippen MR) is 126 cm³/mol. The van der Waals surface area contributed by atoms with Crippen LogP contribution in [0.5, 0.6) is 0 Å². The molecular formula is C25H27F3N6O. The molecule has 35 heavy (non-hydrogen) atoms. The molecular weight excluding hydrogens is 457 g/mol. The predicted octanol–water partition coefficient (Wildman–Crippen LogP) is 4.88. The molecule has 1 amide bonds. The number of piperidine rings is 1. The standard InChI is InChI=1S/C25H27F3N6O/c26-25(27,28)9-10-29-24-30-15-19-18(6-2-3-7-21(19)32-24)17-8-13-34-22(14-17)20(16-31-34)23(35)33-11-4-1-5-12-33/h6,8,13-16H,1-5,7,9-12H2,(H,29,30,32). The Morgan fingerprint density at radius 3 is 2.74 bits per heavy atom. The number of hydrogen-bond acceptors (Lipinski definition) is 5. The van der Waals surface area contributed by atoms with E-state index in [0.29, 0.717) is 12.0 Å². The summed E-state index contributed by atoms with van der Waals surface area (Å²) in [5.41, 5.74) is 4.88. The third-order valence-electron chi connectivity index (χ3n) is 6.52. The summed E-state index contributed by atoms with van der Waals surface area (Å²) >= 11 is 0. The molecule has 0 radical (unpaired) electrons. The fourth-order valence-corrected chi connectivity index (χ4v) is 4.71. The number of allylic oxidation sites excluding steroid dienone is 1. The maximum atomic E-state index is 13.2. The number of alkyl halides is 3. The summed E-state index contributed by atoms with van der Waals surface area (Å²) in [6, 6.07) is 3.92. The highest BCUT2D eigenvalue weighted by molar-refractivity contribution is 6.01. The normalized spacial score (nSPS) is 16.5. The van der Waals surface area contributed by atoms with E-state index in [1.165, 1.54) is 0 Å². The molecule has 0 spiro atoms. The SMILES string of the molecule is O=C(c1cnn2ccc(C3=CCCCc4nc(NCCC(F)(F)F)ncc43)cc12)N1CCCCC1. The summed E-state index contributed by atoms with van der Waals surface area (Å²) in [5.74, 6) is 0.208. The fourth-order valence-electron chi connectivity index (χ4n) is 4.71. The molecule has 1 saturated heterocycles. The number of hydrogen-bond donors (Lipinski definition) is 1. The van der Waals surface area contributed by atoms with Crippen molar-refractivity contribution in [2.75, 3.05) is 25.0 Å². The Morgan fingerprint density at radius 1 is 1.11 bits per heavy atom. The first-order chi connectivity index (χ1) is 16.9. The molecule has 1 fully saturated rings. The van der Waals surface area contributed by atoms with Gasteiger partial charge in [0.2, 0.25) is 5.95 Å². The molecule has 0 bridgehead atoms. The molecule has 3 aromatic rings. The van der Waals surface area contributed by atoms with Crippen molar-refractivity contribution in [2.45, 2.75) is 51.1 Å². The van der Waals surface area contributed by atoms with Gasteiger partial charge >= 0.3 is 6.18 Å². The Hall–Kier alpha value is -3.43. The van der Waals surface area contributed by atoms with Crippen LogP contribution in [0.25, 0.3) is 11.1 Å². The summed E-state index contributed by atoms with van der Waals surface area (Å²) in [6.07, 6.45) is 7.74. The van der Waals surface area contributed by atoms with E-state index in [-0.39, 0.29) is 18.4 Å². The molecule has 0 saturated carbocycles. The van der Waals surface area contributed by atoms with Crippen molar-refractivity contribution in [3.63, 3.8) is 0 Å². The van der Waals surface area contributed by atoms with Crippen molar-refractivity contribution in [2.24, 2.45) is 0 Å². The molecule has 2 aliphatic rings. The number of anilines is 1. The van der Waals surface area contributed by atoms with E-state index in [9.17, 15) is 18.0 Å². The Labute approximate surface area is 201 Å². The number of aryl methyl sites for hydroxylation is 1. The second-order valence-corrected chi connectivity index (χ2v) is 9.01. The number of nitrogens with zero attached hydrogens (tertiary/aromatic N) is 5. The quantitative estimate of drug-likeness (QED) is 0.559. The number of carbonyl (C=O) groups excluding carboxylic acids is 1. The largest absolute Gasteiger partial charge is 0.390 e. The van der Waals surface area contributed by atoms with Crippen LogP contribution >= 0.6 is 0 Å². The second kappa shape index (κ2) is 9.67. The number of halogens is 3. The lowest BCUT2D eigenvalue weighted by molar-refractivity contribution is -0.131. The van der Waals surface area contributed by atoms with E-state index >= 15 is 0 Å². The van der Waals surface area contributed by atoms with Gasteiger partial charge in [0.05, 0.1) is 29.4 Å². The highest BCUT2D eigenvalue weighted by atomic mass is 19.4. The first-order valence-electron chi connectivity index (χ1n) is 12.0. The smallest absolute Gasteiger partial charge is 0.354 e. The van der Waals surface area contributed by atoms with Crippen LogP contribution in [-0.2, 0) is 6.42 Å². The van der Waals surface area contributed by atoms with Gasteiger partial charge in [0, 0.05) is 37.6 Å². The van der Waals surface area contributed by atoms with Gasteiger partial charge in [0.1, 0.15) is 0 Å². The molecule has 5 rings (SSSR count). The summed E-state index contributed by atoms with van der Waals surface area (Å²) < 4.78 is 39.1. The monoisotopic (exact) mass is 484 g/mol. The molecule has 7 nitrogen and oxygen atoms in total. The maximum absolute atomic E-state index is 13.2. The highest BCUT2D eigenvalue weighted by Gasteiger charge is 2.26. The molecule has 10 heteroatoms. The van der Waals surface area contributed by atoms with Gasteiger partial charge < -0.3 is 10.2 Å². The lowest BCUT2D eigenvalue weighted by Crippen LogP contribution is -2.35. The van der Waals surface area contributed by atoms with Crippen molar-refractivity contribution in [1.29, 1.82) is 0 Å². The topological polar surface area (TPSA) is 75.4 Å². The molecule has 184 valence electrons. The fraction of sp³-hybridized carbons (Fsp3) is 0.440. The molecule has 1 aliphatic heterocycles. The molecule has 4 heterocycles. The van der Waals surface area contributed by atoms with Crippen molar-refractivity contribution in [3.05, 3.63) is 59.2 Å². The van der Waals surface area contributed by atoms with Gasteiger partial charge in [-0.2, -0.15) is 18.3 Å². The molecule has 1 N–H and O–H groups in total. The third-order valence-corrected chi connectivity index (χ3v) is 6.52. The van der Waals surface area contributed by atoms with E-state index < -0.39 is 12.6 Å². The minimum atomic E-state index is -4.23. The van der Waals surface area contributed by atoms with Crippen LogP contribution in [0.2, 0.25) is 0 Å². The van der Waals surface area contributed by atoms with Gasteiger partial charge in [-0.25, -0.2) is 14.5 Å². The van der Waals surface area contributed by atoms with Gasteiger partial charge in [-0.3, -0.25) is 4.79 Å². The molecule has 0 aromatic carbocycles. The first kappa shape index (κ1) is 23.3. The summed E-state index contributed by atoms with van der Waals surface area (Å²) in [7, 11) is 0. The zero-order valence-corrected chi connectivity index (χ0v) is 19.3. The minimum Gasteiger partial charge on any atom is -0.354 e. The Bertz CT molecular complexity index is 1260. The van der Waals surface area contributed by atoms with Crippen LogP contribution in [0.3, 0.4) is 0 Å². The van der Waals surface area contributed by atoms with E-state index in [1.54, 1.807) is 16.9 Å². The van der Waals surface area contributed by atoms with Gasteiger partial charge in [-0.1, -0.05) is 6.08 Å². The molecule has 0 atom stereocenters. The molecule has 3 aromatic heterocycles. The van der Waals surface area contributed by atoms with Crippen molar-refractivity contribution in [3.8, 4) is 0 Å². The number of likely N-dealkylation sites (tertiary alicyclic amines) is 1. The van der Waals surface area contributed by atoms with Crippen molar-refractivity contribution < 1.29 is 18.0 Å². The summed E-state index contributed by atoms with van der Waals surface area (Å²) in [6.45, 7) is 1.27. The lowest BCUT2D eigenvalue weighted by atomic mass is 9.98. The van der Waals surface area contributed by atoms with Gasteiger partial charge in [0.15, 0.2) is 0 Å². The minimum absolute atomic E-state index is 0.00463. The van der Waals surface area contributed by atoms with Gasteiger partial charge in [0.25, 0.3) is 5.91 Å². The van der Waals surface area contributed by atoms with E-state index in [1.807, 2.05) is 23.2 Å². The second-order valence-electron chi connectivity index (χ2n) is 9.01. The first-order valence-corrected chi connectivity index (χ1v) is 12.0. The van der Waals surface area contributed by atoms with E-state index in [4.69, 9.17) is 0 Å². The number of nitrogens with one attached hydrogen (secondary N) is 1. The average Bonchev–Trinajstić information content (AvgIpc) is 3.15. The van der Waals surface area contributed by atoms with Crippen molar-refractivity contribution in [1.82, 2.24) is 24.5 Å². The Morgan fingerprint density at radius 2 is 1.94 bits per heavy atom. The molecule has 0 unspecified atom stereocenters. The Balaban J connectivity index is 1.43. The zero-order valence-electron chi connectivity index (χ0n) is 19.3. The maximum Gasteiger partial charge on any atom is 0.390 e. The van der Waals surface area contributed by atoms with E-state index in [2.05, 4.69) is 26.5 Å². The number of fused-ring (bicyclic) bond motifs is 2. The van der Waals surface area contributed by atoms with Crippen LogP contribution in [0.4, 0.5) is 19.1 Å². The zero-order chi connectivity index (χ0) is 24.4. The Kier molecular flexibility index (Phi) is 6.44. The number of rotatable bonds is 5. The molecule has 1 aliphatic carbocycles. The van der Waals surface area contributed by atoms with Crippen LogP contribution in [-0.4, -0.2) is 56.2 Å². The van der Waals surface area contributed by atoms with Crippen molar-refractivity contribution >= 4 is 22.9 Å². The summed E-state index contributed by atoms with van der Waals surface area (Å²) in [5, 5.41) is 7.06. The van der Waals surface area contributed by atoms with Crippen LogP contribution in [0.15, 0.2) is 36.8 Å². The van der Waals surface area contributed by atoms with Crippen LogP contribution in [0, 0.1) is 0 Å². The third kappa shape index (κ3) is 5.16. The number of carbonyl (C=O) groups is 1. The van der Waals surface area contributed by atoms with Gasteiger partial charge in [-0.05, 0) is 61.8 Å². The number of pyridine rings is 1. The van der Waals surface area contributed by atoms with Gasteiger partial charge in [-0.15, -0.1) is 0 Å². The lowest BCUT2D eigenvalue weighted by Gasteiger charge is -2.26. The average molecular weight is 485 g/mol. The van der Waals surface area contributed by atoms with E-state index in [0.717, 1.165) is 73.1 Å².